The van der Waals surface area contributed by atoms with Crippen LogP contribution in [0.1, 0.15) is 37.9 Å². The van der Waals surface area contributed by atoms with E-state index in [9.17, 15) is 14.3 Å². The highest BCUT2D eigenvalue weighted by Gasteiger charge is 2.29. The molecule has 1 fully saturated rings. The fourth-order valence-electron chi connectivity index (χ4n) is 4.07. The Labute approximate surface area is 212 Å². The number of halogens is 1. The number of carbonyl (C=O) groups is 1. The Kier molecular flexibility index (Phi) is 10.6. The van der Waals surface area contributed by atoms with Crippen molar-refractivity contribution in [3.63, 3.8) is 0 Å². The number of amides is 1. The summed E-state index contributed by atoms with van der Waals surface area (Å²) in [5, 5.41) is 14.1. The number of aliphatic hydroxyl groups excluding tert-OH is 1. The van der Waals surface area contributed by atoms with Gasteiger partial charge in [0, 0.05) is 26.1 Å². The van der Waals surface area contributed by atoms with Crippen molar-refractivity contribution in [3.8, 4) is 17.2 Å². The first-order valence-corrected chi connectivity index (χ1v) is 12.4. The van der Waals surface area contributed by atoms with Gasteiger partial charge in [0.05, 0.1) is 19.8 Å². The summed E-state index contributed by atoms with van der Waals surface area (Å²) in [7, 11) is 1.60. The number of nitrogens with zero attached hydrogens (tertiary/aromatic N) is 1. The molecule has 0 bridgehead atoms. The highest BCUT2D eigenvalue weighted by molar-refractivity contribution is 5.76. The molecule has 1 aliphatic rings. The van der Waals surface area contributed by atoms with Crippen molar-refractivity contribution in [1.29, 1.82) is 0 Å². The number of aliphatic hydroxyl groups is 1. The molecule has 2 aromatic rings. The van der Waals surface area contributed by atoms with Gasteiger partial charge in [0.15, 0.2) is 0 Å². The smallest absolute Gasteiger partial charge is 0.220 e. The van der Waals surface area contributed by atoms with Gasteiger partial charge in [0.1, 0.15) is 35.6 Å². The number of hydrogen-bond donors (Lipinski definition) is 2. The Bertz CT molecular complexity index is 953. The minimum atomic E-state index is -0.950. The van der Waals surface area contributed by atoms with Crippen molar-refractivity contribution in [2.75, 3.05) is 33.4 Å². The quantitative estimate of drug-likeness (QED) is 0.301. The zero-order chi connectivity index (χ0) is 25.9. The number of benzene rings is 2. The maximum atomic E-state index is 13.7. The van der Waals surface area contributed by atoms with Crippen LogP contribution in [0.2, 0.25) is 0 Å². The van der Waals surface area contributed by atoms with E-state index in [1.54, 1.807) is 37.5 Å². The molecule has 1 heterocycles. The molecule has 0 spiro atoms. The topological polar surface area (TPSA) is 80.3 Å². The van der Waals surface area contributed by atoms with E-state index in [0.29, 0.717) is 56.1 Å². The zero-order valence-electron chi connectivity index (χ0n) is 21.1. The number of methoxy groups -OCH3 is 1. The minimum Gasteiger partial charge on any atom is -0.497 e. The van der Waals surface area contributed by atoms with Crippen LogP contribution in [-0.2, 0) is 4.79 Å². The largest absolute Gasteiger partial charge is 0.497 e. The van der Waals surface area contributed by atoms with E-state index in [4.69, 9.17) is 14.2 Å². The summed E-state index contributed by atoms with van der Waals surface area (Å²) in [6.45, 7) is 7.24. The first-order valence-electron chi connectivity index (χ1n) is 12.4. The third-order valence-electron chi connectivity index (χ3n) is 6.15. The summed E-state index contributed by atoms with van der Waals surface area (Å²) in [6, 6.07) is 13.8. The average Bonchev–Trinajstić information content (AvgIpc) is 3.31. The lowest BCUT2D eigenvalue weighted by atomic mass is 10.0. The van der Waals surface area contributed by atoms with Crippen molar-refractivity contribution in [1.82, 2.24) is 10.2 Å². The van der Waals surface area contributed by atoms with Gasteiger partial charge in [-0.25, -0.2) is 4.39 Å². The second-order valence-electron chi connectivity index (χ2n) is 9.02. The molecule has 36 heavy (non-hydrogen) atoms. The Hall–Kier alpha value is -3.10. The van der Waals surface area contributed by atoms with Gasteiger partial charge in [-0.1, -0.05) is 24.8 Å². The molecule has 196 valence electrons. The SMILES string of the molecule is C=CC(C)Oc1ccc(C(O)C(CN2CCC(F)C2)NC(=O)CCCOc2ccc(OC)cc2)cc1. The number of hydrogen-bond acceptors (Lipinski definition) is 6. The van der Waals surface area contributed by atoms with Gasteiger partial charge < -0.3 is 24.6 Å². The number of alkyl halides is 1. The van der Waals surface area contributed by atoms with E-state index >= 15 is 0 Å². The Morgan fingerprint density at radius 3 is 2.47 bits per heavy atom. The van der Waals surface area contributed by atoms with Crippen molar-refractivity contribution in [2.24, 2.45) is 0 Å². The van der Waals surface area contributed by atoms with Gasteiger partial charge in [-0.2, -0.15) is 0 Å². The van der Waals surface area contributed by atoms with E-state index in [1.165, 1.54) is 0 Å². The number of ether oxygens (including phenoxy) is 3. The monoisotopic (exact) mass is 500 g/mol. The summed E-state index contributed by atoms with van der Waals surface area (Å²) in [5.41, 5.74) is 0.651. The molecule has 1 aliphatic heterocycles. The Morgan fingerprint density at radius 2 is 1.86 bits per heavy atom. The summed E-state index contributed by atoms with van der Waals surface area (Å²) >= 11 is 0. The normalized spacial score (nSPS) is 18.2. The molecule has 0 saturated carbocycles. The van der Waals surface area contributed by atoms with Crippen LogP contribution in [-0.4, -0.2) is 67.6 Å². The van der Waals surface area contributed by atoms with E-state index in [1.807, 2.05) is 36.1 Å². The first-order chi connectivity index (χ1) is 17.4. The number of likely N-dealkylation sites (tertiary alicyclic amines) is 1. The van der Waals surface area contributed by atoms with Gasteiger partial charge in [0.2, 0.25) is 5.91 Å². The lowest BCUT2D eigenvalue weighted by Crippen LogP contribution is -2.47. The molecule has 0 aromatic heterocycles. The average molecular weight is 501 g/mol. The van der Waals surface area contributed by atoms with Crippen LogP contribution in [0.4, 0.5) is 4.39 Å². The molecule has 1 saturated heterocycles. The molecule has 2 aromatic carbocycles. The second kappa shape index (κ2) is 13.8. The molecule has 4 atom stereocenters. The standard InChI is InChI=1S/C28H37FN2O5/c1-4-20(2)36-25-9-7-21(8-10-25)28(33)26(19-31-16-15-22(29)18-31)30-27(32)6-5-17-35-24-13-11-23(34-3)12-14-24/h4,7-14,20,22,26,28,33H,1,5-6,15-19H2,2-3H3,(H,30,32). The Morgan fingerprint density at radius 1 is 1.19 bits per heavy atom. The van der Waals surface area contributed by atoms with Crippen LogP contribution >= 0.6 is 0 Å². The molecule has 7 nitrogen and oxygen atoms in total. The molecular formula is C28H37FN2O5. The van der Waals surface area contributed by atoms with Crippen LogP contribution in [0.25, 0.3) is 0 Å². The van der Waals surface area contributed by atoms with Gasteiger partial charge in [-0.3, -0.25) is 9.69 Å². The predicted molar refractivity (Wildman–Crippen MR) is 137 cm³/mol. The van der Waals surface area contributed by atoms with Crippen molar-refractivity contribution >= 4 is 5.91 Å². The third-order valence-corrected chi connectivity index (χ3v) is 6.15. The molecule has 8 heteroatoms. The zero-order valence-corrected chi connectivity index (χ0v) is 21.1. The van der Waals surface area contributed by atoms with E-state index in [-0.39, 0.29) is 18.4 Å². The minimum absolute atomic E-state index is 0.134. The van der Waals surface area contributed by atoms with Gasteiger partial charge in [-0.15, -0.1) is 0 Å². The van der Waals surface area contributed by atoms with E-state index in [2.05, 4.69) is 11.9 Å². The van der Waals surface area contributed by atoms with E-state index in [0.717, 1.165) is 5.75 Å². The van der Waals surface area contributed by atoms with Gasteiger partial charge in [0.25, 0.3) is 0 Å². The fourth-order valence-corrected chi connectivity index (χ4v) is 4.07. The fraction of sp³-hybridized carbons (Fsp3) is 0.464. The van der Waals surface area contributed by atoms with Crippen LogP contribution in [0.15, 0.2) is 61.2 Å². The molecule has 0 aliphatic carbocycles. The molecule has 2 N–H and O–H groups in total. The molecular weight excluding hydrogens is 463 g/mol. The van der Waals surface area contributed by atoms with Gasteiger partial charge in [-0.05, 0) is 61.7 Å². The summed E-state index contributed by atoms with van der Waals surface area (Å²) in [5.74, 6) is 1.93. The van der Waals surface area contributed by atoms with Gasteiger partial charge >= 0.3 is 0 Å². The van der Waals surface area contributed by atoms with Crippen LogP contribution in [0.3, 0.4) is 0 Å². The maximum absolute atomic E-state index is 13.7. The highest BCUT2D eigenvalue weighted by Crippen LogP contribution is 2.24. The second-order valence-corrected chi connectivity index (χ2v) is 9.02. The number of nitrogens with one attached hydrogen (secondary N) is 1. The van der Waals surface area contributed by atoms with Crippen molar-refractivity contribution in [2.45, 2.75) is 50.6 Å². The first kappa shape index (κ1) is 27.5. The highest BCUT2D eigenvalue weighted by atomic mass is 19.1. The molecule has 3 rings (SSSR count). The van der Waals surface area contributed by atoms with Crippen LogP contribution in [0, 0.1) is 0 Å². The molecule has 1 amide bonds. The lowest BCUT2D eigenvalue weighted by Gasteiger charge is -2.29. The molecule has 4 unspecified atom stereocenters. The van der Waals surface area contributed by atoms with Crippen LogP contribution < -0.4 is 19.5 Å². The molecule has 0 radical (unpaired) electrons. The summed E-state index contributed by atoms with van der Waals surface area (Å²) in [6.07, 6.45) is 0.968. The summed E-state index contributed by atoms with van der Waals surface area (Å²) < 4.78 is 30.3. The Balaban J connectivity index is 1.55. The van der Waals surface area contributed by atoms with Crippen LogP contribution in [0.5, 0.6) is 17.2 Å². The van der Waals surface area contributed by atoms with Crippen molar-refractivity contribution < 1.29 is 28.5 Å². The van der Waals surface area contributed by atoms with E-state index < -0.39 is 18.3 Å². The predicted octanol–water partition coefficient (Wildman–Crippen LogP) is 4.07. The lowest BCUT2D eigenvalue weighted by molar-refractivity contribution is -0.123. The maximum Gasteiger partial charge on any atom is 0.220 e. The number of rotatable bonds is 14. The number of carbonyl (C=O) groups excluding carboxylic acids is 1. The van der Waals surface area contributed by atoms with Crippen molar-refractivity contribution in [3.05, 3.63) is 66.7 Å². The third kappa shape index (κ3) is 8.53. The summed E-state index contributed by atoms with van der Waals surface area (Å²) in [4.78, 5) is 14.7.